The summed E-state index contributed by atoms with van der Waals surface area (Å²) in [5.74, 6) is -0.447. The maximum absolute atomic E-state index is 13.1. The number of rotatable bonds is 3. The van der Waals surface area contributed by atoms with E-state index in [-0.39, 0.29) is 4.90 Å². The zero-order valence-electron chi connectivity index (χ0n) is 12.4. The number of sulfonamides is 1. The monoisotopic (exact) mass is 320 g/mol. The Bertz CT molecular complexity index is 834. The average Bonchev–Trinajstić information content (AvgIpc) is 2.79. The number of nitrogens with one attached hydrogen (secondary N) is 1. The van der Waals surface area contributed by atoms with Crippen molar-refractivity contribution in [1.82, 2.24) is 0 Å². The zero-order chi connectivity index (χ0) is 15.9. The number of benzene rings is 2. The van der Waals surface area contributed by atoms with Crippen LogP contribution in [0.5, 0.6) is 0 Å². The van der Waals surface area contributed by atoms with Crippen molar-refractivity contribution in [1.29, 1.82) is 0 Å². The molecule has 0 fully saturated rings. The van der Waals surface area contributed by atoms with Crippen molar-refractivity contribution in [3.63, 3.8) is 0 Å². The first-order valence-electron chi connectivity index (χ1n) is 7.00. The van der Waals surface area contributed by atoms with E-state index in [4.69, 9.17) is 0 Å². The molecular formula is C16H17FN2O2S. The van der Waals surface area contributed by atoms with Crippen molar-refractivity contribution in [2.45, 2.75) is 18.2 Å². The van der Waals surface area contributed by atoms with E-state index < -0.39 is 15.8 Å². The van der Waals surface area contributed by atoms with Crippen LogP contribution in [0, 0.1) is 12.7 Å². The summed E-state index contributed by atoms with van der Waals surface area (Å²) in [5.41, 5.74) is 3.16. The number of anilines is 2. The normalized spacial score (nSPS) is 14.0. The molecule has 116 valence electrons. The molecule has 0 aromatic heterocycles. The number of hydrogen-bond donors (Lipinski definition) is 1. The predicted molar refractivity (Wildman–Crippen MR) is 85.4 cm³/mol. The molecule has 1 aliphatic rings. The predicted octanol–water partition coefficient (Wildman–Crippen LogP) is 2.93. The Balaban J connectivity index is 1.92. The maximum atomic E-state index is 13.1. The summed E-state index contributed by atoms with van der Waals surface area (Å²) in [4.78, 5) is 2.23. The number of fused-ring (bicyclic) bond motifs is 1. The highest BCUT2D eigenvalue weighted by Gasteiger charge is 2.20. The molecule has 2 aromatic carbocycles. The topological polar surface area (TPSA) is 49.4 Å². The molecule has 0 spiro atoms. The van der Waals surface area contributed by atoms with Gasteiger partial charge in [-0.05, 0) is 60.9 Å². The molecule has 4 nitrogen and oxygen atoms in total. The van der Waals surface area contributed by atoms with Gasteiger partial charge < -0.3 is 4.90 Å². The van der Waals surface area contributed by atoms with E-state index in [0.29, 0.717) is 11.3 Å². The molecule has 1 N–H and O–H groups in total. The number of nitrogens with zero attached hydrogens (tertiary/aromatic N) is 1. The summed E-state index contributed by atoms with van der Waals surface area (Å²) in [5, 5.41) is 0. The molecule has 0 atom stereocenters. The van der Waals surface area contributed by atoms with Crippen molar-refractivity contribution in [3.05, 3.63) is 53.3 Å². The molecule has 2 aromatic rings. The largest absolute Gasteiger partial charge is 0.374 e. The van der Waals surface area contributed by atoms with Crippen LogP contribution >= 0.6 is 0 Å². The van der Waals surface area contributed by atoms with Gasteiger partial charge in [0.1, 0.15) is 5.82 Å². The lowest BCUT2D eigenvalue weighted by molar-refractivity contribution is 0.598. The van der Waals surface area contributed by atoms with Crippen molar-refractivity contribution >= 4 is 21.4 Å². The van der Waals surface area contributed by atoms with Crippen LogP contribution in [0.4, 0.5) is 15.8 Å². The first kappa shape index (κ1) is 14.8. The van der Waals surface area contributed by atoms with Gasteiger partial charge in [0.2, 0.25) is 0 Å². The Morgan fingerprint density at radius 2 is 1.95 bits per heavy atom. The van der Waals surface area contributed by atoms with E-state index in [9.17, 15) is 12.8 Å². The van der Waals surface area contributed by atoms with Gasteiger partial charge in [0.15, 0.2) is 0 Å². The Hall–Kier alpha value is -2.08. The van der Waals surface area contributed by atoms with Crippen LogP contribution in [-0.4, -0.2) is 22.0 Å². The van der Waals surface area contributed by atoms with E-state index >= 15 is 0 Å². The Kier molecular flexibility index (Phi) is 3.56. The Labute approximate surface area is 129 Å². The second-order valence-electron chi connectivity index (χ2n) is 5.53. The minimum Gasteiger partial charge on any atom is -0.374 e. The SMILES string of the molecule is Cc1cc(F)ccc1S(=O)(=O)Nc1ccc2c(c1)CCN2C. The zero-order valence-corrected chi connectivity index (χ0v) is 13.2. The minimum absolute atomic E-state index is 0.0894. The van der Waals surface area contributed by atoms with Gasteiger partial charge in [-0.25, -0.2) is 12.8 Å². The summed E-state index contributed by atoms with van der Waals surface area (Å²) < 4.78 is 40.6. The summed E-state index contributed by atoms with van der Waals surface area (Å²) >= 11 is 0. The van der Waals surface area contributed by atoms with Gasteiger partial charge >= 0.3 is 0 Å². The van der Waals surface area contributed by atoms with E-state index in [1.54, 1.807) is 13.0 Å². The molecule has 3 rings (SSSR count). The van der Waals surface area contributed by atoms with Gasteiger partial charge in [-0.15, -0.1) is 0 Å². The van der Waals surface area contributed by atoms with Gasteiger partial charge in [-0.2, -0.15) is 0 Å². The van der Waals surface area contributed by atoms with Crippen LogP contribution in [0.2, 0.25) is 0 Å². The molecule has 0 amide bonds. The standard InChI is InChI=1S/C16H17FN2O2S/c1-11-9-13(17)3-6-16(11)22(20,21)18-14-4-5-15-12(10-14)7-8-19(15)2/h3-6,9-10,18H,7-8H2,1-2H3. The van der Waals surface area contributed by atoms with Crippen LogP contribution in [0.25, 0.3) is 0 Å². The molecule has 0 aliphatic carbocycles. The maximum Gasteiger partial charge on any atom is 0.262 e. The molecule has 0 bridgehead atoms. The second-order valence-corrected chi connectivity index (χ2v) is 7.18. The quantitative estimate of drug-likeness (QED) is 0.946. The first-order valence-corrected chi connectivity index (χ1v) is 8.48. The number of aryl methyl sites for hydroxylation is 1. The van der Waals surface area contributed by atoms with Gasteiger partial charge in [-0.1, -0.05) is 0 Å². The van der Waals surface area contributed by atoms with Gasteiger partial charge in [-0.3, -0.25) is 4.72 Å². The molecule has 0 saturated carbocycles. The van der Waals surface area contributed by atoms with Crippen molar-refractivity contribution in [3.8, 4) is 0 Å². The van der Waals surface area contributed by atoms with Gasteiger partial charge in [0, 0.05) is 25.0 Å². The van der Waals surface area contributed by atoms with Crippen molar-refractivity contribution < 1.29 is 12.8 Å². The summed E-state index contributed by atoms with van der Waals surface area (Å²) in [6.07, 6.45) is 0.900. The highest BCUT2D eigenvalue weighted by atomic mass is 32.2. The van der Waals surface area contributed by atoms with E-state index in [1.807, 2.05) is 19.2 Å². The van der Waals surface area contributed by atoms with Crippen LogP contribution in [0.3, 0.4) is 0 Å². The van der Waals surface area contributed by atoms with E-state index in [0.717, 1.165) is 30.3 Å². The number of hydrogen-bond acceptors (Lipinski definition) is 3. The van der Waals surface area contributed by atoms with Crippen LogP contribution in [0.15, 0.2) is 41.3 Å². The fraction of sp³-hybridized carbons (Fsp3) is 0.250. The lowest BCUT2D eigenvalue weighted by Crippen LogP contribution is -2.14. The molecule has 0 radical (unpaired) electrons. The van der Waals surface area contributed by atoms with Crippen molar-refractivity contribution in [2.24, 2.45) is 0 Å². The van der Waals surface area contributed by atoms with E-state index in [2.05, 4.69) is 9.62 Å². The first-order chi connectivity index (χ1) is 10.4. The highest BCUT2D eigenvalue weighted by Crippen LogP contribution is 2.30. The lowest BCUT2D eigenvalue weighted by Gasteiger charge is -2.14. The van der Waals surface area contributed by atoms with Crippen molar-refractivity contribution in [2.75, 3.05) is 23.2 Å². The Morgan fingerprint density at radius 1 is 1.18 bits per heavy atom. The molecule has 1 heterocycles. The third-order valence-corrected chi connectivity index (χ3v) is 5.43. The lowest BCUT2D eigenvalue weighted by atomic mass is 10.1. The summed E-state index contributed by atoms with van der Waals surface area (Å²) in [7, 11) is -1.71. The number of likely N-dealkylation sites (N-methyl/N-ethyl adjacent to an activating group) is 1. The Morgan fingerprint density at radius 3 is 2.68 bits per heavy atom. The summed E-state index contributed by atoms with van der Waals surface area (Å²) in [6, 6.07) is 9.17. The molecule has 22 heavy (non-hydrogen) atoms. The molecule has 1 aliphatic heterocycles. The van der Waals surface area contributed by atoms with Crippen LogP contribution in [0.1, 0.15) is 11.1 Å². The van der Waals surface area contributed by atoms with Crippen LogP contribution < -0.4 is 9.62 Å². The average molecular weight is 320 g/mol. The fourth-order valence-corrected chi connectivity index (χ4v) is 4.03. The highest BCUT2D eigenvalue weighted by molar-refractivity contribution is 7.92. The van der Waals surface area contributed by atoms with Gasteiger partial charge in [0.05, 0.1) is 4.90 Å². The fourth-order valence-electron chi connectivity index (χ4n) is 2.75. The van der Waals surface area contributed by atoms with E-state index in [1.165, 1.54) is 12.1 Å². The third-order valence-electron chi connectivity index (χ3n) is 3.89. The smallest absolute Gasteiger partial charge is 0.262 e. The molecule has 6 heteroatoms. The number of halogens is 1. The minimum atomic E-state index is -3.72. The molecular weight excluding hydrogens is 303 g/mol. The third kappa shape index (κ3) is 2.66. The summed E-state index contributed by atoms with van der Waals surface area (Å²) in [6.45, 7) is 2.51. The molecule has 0 saturated heterocycles. The van der Waals surface area contributed by atoms with Gasteiger partial charge in [0.25, 0.3) is 10.0 Å². The molecule has 0 unspecified atom stereocenters. The van der Waals surface area contributed by atoms with Crippen LogP contribution in [-0.2, 0) is 16.4 Å². The second kappa shape index (κ2) is 5.28.